The zero-order valence-electron chi connectivity index (χ0n) is 16.0. The summed E-state index contributed by atoms with van der Waals surface area (Å²) in [5.41, 5.74) is 2.78. The van der Waals surface area contributed by atoms with Crippen molar-refractivity contribution in [3.63, 3.8) is 0 Å². The Labute approximate surface area is 174 Å². The second-order valence-corrected chi connectivity index (χ2v) is 7.39. The van der Waals surface area contributed by atoms with Crippen molar-refractivity contribution in [3.05, 3.63) is 84.1 Å². The summed E-state index contributed by atoms with van der Waals surface area (Å²) in [5, 5.41) is 6.88. The van der Waals surface area contributed by atoms with Crippen LogP contribution in [0.1, 0.15) is 35.5 Å². The van der Waals surface area contributed by atoms with Crippen LogP contribution in [0.3, 0.4) is 0 Å². The number of anilines is 1. The van der Waals surface area contributed by atoms with Crippen molar-refractivity contribution in [2.45, 2.75) is 25.4 Å². The van der Waals surface area contributed by atoms with Gasteiger partial charge in [0.2, 0.25) is 5.91 Å². The number of aromatic nitrogens is 1. The average molecular weight is 407 g/mol. The fourth-order valence-electron chi connectivity index (χ4n) is 3.58. The third-order valence-corrected chi connectivity index (χ3v) is 5.27. The number of nitrogens with zero attached hydrogens (tertiary/aromatic N) is 2. The van der Waals surface area contributed by atoms with Crippen molar-refractivity contribution in [2.75, 3.05) is 11.9 Å². The maximum atomic E-state index is 12.5. The summed E-state index contributed by atoms with van der Waals surface area (Å²) in [7, 11) is 0. The standard InChI is InChI=1S/C22H22N4O2S/c1-15-6-4-7-16(14-15)24-19(27)10-12-26-21(18-9-5-13-28-18)20(25-22(26)29)17-8-2-3-11-23-17/h2-9,11,13-14,20-21H,10,12H2,1H3,(H,24,27)(H,25,29). The molecule has 7 heteroatoms. The molecule has 2 aromatic heterocycles. The largest absolute Gasteiger partial charge is 0.467 e. The van der Waals surface area contributed by atoms with Crippen LogP contribution in [0.2, 0.25) is 0 Å². The number of hydrogen-bond donors (Lipinski definition) is 2. The number of amides is 1. The first kappa shape index (κ1) is 19.1. The lowest BCUT2D eigenvalue weighted by Crippen LogP contribution is -2.32. The Kier molecular flexibility index (Phi) is 5.57. The second kappa shape index (κ2) is 8.45. The molecule has 0 radical (unpaired) electrons. The normalized spacial score (nSPS) is 18.5. The van der Waals surface area contributed by atoms with Gasteiger partial charge in [0.15, 0.2) is 5.11 Å². The molecule has 1 aliphatic rings. The van der Waals surface area contributed by atoms with E-state index >= 15 is 0 Å². The van der Waals surface area contributed by atoms with Gasteiger partial charge >= 0.3 is 0 Å². The highest BCUT2D eigenvalue weighted by molar-refractivity contribution is 7.80. The number of benzene rings is 1. The first-order chi connectivity index (χ1) is 14.1. The van der Waals surface area contributed by atoms with Gasteiger partial charge < -0.3 is 20.0 Å². The monoisotopic (exact) mass is 406 g/mol. The zero-order chi connectivity index (χ0) is 20.2. The molecular formula is C22H22N4O2S. The van der Waals surface area contributed by atoms with Gasteiger partial charge in [-0.3, -0.25) is 9.78 Å². The van der Waals surface area contributed by atoms with Gasteiger partial charge in [-0.1, -0.05) is 18.2 Å². The minimum atomic E-state index is -0.167. The molecular weight excluding hydrogens is 384 g/mol. The third kappa shape index (κ3) is 4.30. The minimum absolute atomic E-state index is 0.0575. The number of hydrogen-bond acceptors (Lipinski definition) is 4. The lowest BCUT2D eigenvalue weighted by atomic mass is 10.0. The summed E-state index contributed by atoms with van der Waals surface area (Å²) in [6.45, 7) is 2.47. The van der Waals surface area contributed by atoms with Gasteiger partial charge in [0.1, 0.15) is 11.8 Å². The predicted octanol–water partition coefficient (Wildman–Crippen LogP) is 3.98. The fourth-order valence-corrected chi connectivity index (χ4v) is 3.91. The highest BCUT2D eigenvalue weighted by Crippen LogP contribution is 2.38. The van der Waals surface area contributed by atoms with Gasteiger partial charge in [-0.2, -0.15) is 0 Å². The van der Waals surface area contributed by atoms with Crippen LogP contribution in [0, 0.1) is 6.92 Å². The quantitative estimate of drug-likeness (QED) is 0.604. The molecule has 1 aromatic carbocycles. The van der Waals surface area contributed by atoms with Crippen molar-refractivity contribution in [1.82, 2.24) is 15.2 Å². The van der Waals surface area contributed by atoms with Crippen LogP contribution in [0.15, 0.2) is 71.5 Å². The predicted molar refractivity (Wildman–Crippen MR) is 115 cm³/mol. The van der Waals surface area contributed by atoms with Crippen molar-refractivity contribution < 1.29 is 9.21 Å². The molecule has 1 saturated heterocycles. The van der Waals surface area contributed by atoms with Gasteiger partial charge in [-0.25, -0.2) is 0 Å². The molecule has 2 unspecified atom stereocenters. The third-order valence-electron chi connectivity index (χ3n) is 4.91. The molecule has 148 valence electrons. The summed E-state index contributed by atoms with van der Waals surface area (Å²) >= 11 is 5.58. The van der Waals surface area contributed by atoms with Crippen LogP contribution in [0.25, 0.3) is 0 Å². The number of thiocarbonyl (C=S) groups is 1. The Morgan fingerprint density at radius 2 is 2.14 bits per heavy atom. The molecule has 3 aromatic rings. The van der Waals surface area contributed by atoms with Crippen molar-refractivity contribution in [2.24, 2.45) is 0 Å². The molecule has 6 nitrogen and oxygen atoms in total. The van der Waals surface area contributed by atoms with Crippen LogP contribution in [0.4, 0.5) is 5.69 Å². The van der Waals surface area contributed by atoms with Gasteiger partial charge in [-0.15, -0.1) is 0 Å². The van der Waals surface area contributed by atoms with E-state index in [1.165, 1.54) is 0 Å². The van der Waals surface area contributed by atoms with Crippen LogP contribution in [-0.2, 0) is 4.79 Å². The minimum Gasteiger partial charge on any atom is -0.467 e. The van der Waals surface area contributed by atoms with Crippen molar-refractivity contribution >= 4 is 28.9 Å². The van der Waals surface area contributed by atoms with Crippen LogP contribution in [-0.4, -0.2) is 27.4 Å². The Morgan fingerprint density at radius 3 is 2.86 bits per heavy atom. The number of rotatable bonds is 6. The molecule has 2 N–H and O–H groups in total. The average Bonchev–Trinajstić information content (AvgIpc) is 3.35. The number of aryl methyl sites for hydroxylation is 1. The molecule has 1 aliphatic heterocycles. The summed E-state index contributed by atoms with van der Waals surface area (Å²) in [4.78, 5) is 19.0. The summed E-state index contributed by atoms with van der Waals surface area (Å²) in [6, 6.07) is 17.0. The highest BCUT2D eigenvalue weighted by atomic mass is 32.1. The van der Waals surface area contributed by atoms with E-state index in [0.29, 0.717) is 18.1 Å². The molecule has 0 saturated carbocycles. The number of carbonyl (C=O) groups is 1. The summed E-state index contributed by atoms with van der Waals surface area (Å²) < 4.78 is 5.69. The van der Waals surface area contributed by atoms with E-state index in [1.54, 1.807) is 12.5 Å². The van der Waals surface area contributed by atoms with E-state index < -0.39 is 0 Å². The van der Waals surface area contributed by atoms with E-state index in [1.807, 2.05) is 66.4 Å². The number of pyridine rings is 1. The van der Waals surface area contributed by atoms with Crippen LogP contribution < -0.4 is 10.6 Å². The molecule has 1 fully saturated rings. The molecule has 0 bridgehead atoms. The zero-order valence-corrected chi connectivity index (χ0v) is 16.9. The number of carbonyl (C=O) groups excluding carboxylic acids is 1. The lowest BCUT2D eigenvalue weighted by molar-refractivity contribution is -0.116. The Balaban J connectivity index is 1.49. The fraction of sp³-hybridized carbons (Fsp3) is 0.227. The first-order valence-corrected chi connectivity index (χ1v) is 9.90. The van der Waals surface area contributed by atoms with Crippen LogP contribution >= 0.6 is 12.2 Å². The lowest BCUT2D eigenvalue weighted by Gasteiger charge is -2.25. The highest BCUT2D eigenvalue weighted by Gasteiger charge is 2.41. The SMILES string of the molecule is Cc1cccc(NC(=O)CCN2C(=S)NC(c3ccccn3)C2c2ccco2)c1. The van der Waals surface area contributed by atoms with Crippen molar-refractivity contribution in [1.29, 1.82) is 0 Å². The van der Waals surface area contributed by atoms with Gasteiger partial charge in [0.25, 0.3) is 0 Å². The molecule has 2 atom stereocenters. The van der Waals surface area contributed by atoms with Gasteiger partial charge in [0.05, 0.1) is 18.0 Å². The van der Waals surface area contributed by atoms with E-state index in [9.17, 15) is 4.79 Å². The Hall–Kier alpha value is -3.19. The number of nitrogens with one attached hydrogen (secondary N) is 2. The Morgan fingerprint density at radius 1 is 1.24 bits per heavy atom. The number of furan rings is 1. The summed E-state index contributed by atoms with van der Waals surface area (Å²) in [5.74, 6) is 0.727. The molecule has 0 spiro atoms. The molecule has 4 rings (SSSR count). The summed E-state index contributed by atoms with van der Waals surface area (Å²) in [6.07, 6.45) is 3.72. The Bertz CT molecular complexity index is 991. The molecule has 29 heavy (non-hydrogen) atoms. The topological polar surface area (TPSA) is 70.4 Å². The second-order valence-electron chi connectivity index (χ2n) is 7.00. The molecule has 1 amide bonds. The van der Waals surface area contributed by atoms with E-state index in [4.69, 9.17) is 16.6 Å². The van der Waals surface area contributed by atoms with Gasteiger partial charge in [0, 0.05) is 24.8 Å². The first-order valence-electron chi connectivity index (χ1n) is 9.50. The van der Waals surface area contributed by atoms with Crippen molar-refractivity contribution in [3.8, 4) is 0 Å². The maximum absolute atomic E-state index is 12.5. The van der Waals surface area contributed by atoms with E-state index in [2.05, 4.69) is 15.6 Å². The molecule has 0 aliphatic carbocycles. The smallest absolute Gasteiger partial charge is 0.226 e. The maximum Gasteiger partial charge on any atom is 0.226 e. The van der Waals surface area contributed by atoms with Crippen LogP contribution in [0.5, 0.6) is 0 Å². The van der Waals surface area contributed by atoms with Gasteiger partial charge in [-0.05, 0) is 61.1 Å². The molecule has 3 heterocycles. The van der Waals surface area contributed by atoms with E-state index in [-0.39, 0.29) is 18.0 Å². The van der Waals surface area contributed by atoms with E-state index in [0.717, 1.165) is 22.7 Å².